The van der Waals surface area contributed by atoms with Crippen molar-refractivity contribution in [1.29, 1.82) is 0 Å². The van der Waals surface area contributed by atoms with Crippen LogP contribution in [0.25, 0.3) is 10.9 Å². The Morgan fingerprint density at radius 2 is 2.06 bits per heavy atom. The fraction of sp³-hybridized carbons (Fsp3) is 0.318. The lowest BCUT2D eigenvalue weighted by Crippen LogP contribution is -2.42. The zero-order valence-corrected chi connectivity index (χ0v) is 18.2. The Balaban J connectivity index is 1.49. The van der Waals surface area contributed by atoms with E-state index in [2.05, 4.69) is 15.3 Å². The van der Waals surface area contributed by atoms with Crippen molar-refractivity contribution in [2.24, 2.45) is 5.73 Å². The van der Waals surface area contributed by atoms with Gasteiger partial charge < -0.3 is 20.5 Å². The van der Waals surface area contributed by atoms with Crippen LogP contribution in [0.3, 0.4) is 0 Å². The molecule has 3 aromatic rings. The lowest BCUT2D eigenvalue weighted by Gasteiger charge is -2.31. The third kappa shape index (κ3) is 5.17. The largest absolute Gasteiger partial charge is 0.493 e. The van der Waals surface area contributed by atoms with Crippen LogP contribution in [-0.4, -0.2) is 53.6 Å². The molecule has 2 aromatic carbocycles. The van der Waals surface area contributed by atoms with Gasteiger partial charge >= 0.3 is 0 Å². The number of likely N-dealkylation sites (tertiary alicyclic amines) is 1. The van der Waals surface area contributed by atoms with Gasteiger partial charge in [0, 0.05) is 36.4 Å². The van der Waals surface area contributed by atoms with Gasteiger partial charge in [-0.3, -0.25) is 9.69 Å². The highest BCUT2D eigenvalue weighted by molar-refractivity contribution is 6.31. The van der Waals surface area contributed by atoms with Crippen molar-refractivity contribution >= 4 is 40.0 Å². The van der Waals surface area contributed by atoms with E-state index in [-0.39, 0.29) is 23.6 Å². The minimum absolute atomic E-state index is 0.00978. The van der Waals surface area contributed by atoms with Crippen LogP contribution >= 0.6 is 11.6 Å². The zero-order valence-electron chi connectivity index (χ0n) is 17.5. The van der Waals surface area contributed by atoms with Crippen molar-refractivity contribution in [3.63, 3.8) is 0 Å². The number of ether oxygens (including phenoxy) is 2. The van der Waals surface area contributed by atoms with Crippen LogP contribution in [0, 0.1) is 5.82 Å². The maximum atomic E-state index is 13.4. The number of benzene rings is 2. The number of fused-ring (bicyclic) bond motifs is 1. The van der Waals surface area contributed by atoms with E-state index < -0.39 is 5.82 Å². The summed E-state index contributed by atoms with van der Waals surface area (Å²) in [4.78, 5) is 22.0. The topological polar surface area (TPSA) is 103 Å². The normalized spacial score (nSPS) is 15.0. The second-order valence-electron chi connectivity index (χ2n) is 7.57. The van der Waals surface area contributed by atoms with Crippen molar-refractivity contribution in [1.82, 2.24) is 14.9 Å². The first-order valence-corrected chi connectivity index (χ1v) is 10.5. The van der Waals surface area contributed by atoms with Crippen LogP contribution in [0.15, 0.2) is 36.5 Å². The molecule has 1 aromatic heterocycles. The van der Waals surface area contributed by atoms with Crippen LogP contribution in [0.4, 0.5) is 16.0 Å². The van der Waals surface area contributed by atoms with E-state index in [1.807, 2.05) is 11.0 Å². The van der Waals surface area contributed by atoms with E-state index in [0.717, 1.165) is 31.3 Å². The summed E-state index contributed by atoms with van der Waals surface area (Å²) in [5.41, 5.74) is 6.51. The number of hydrogen-bond acceptors (Lipinski definition) is 7. The van der Waals surface area contributed by atoms with Gasteiger partial charge in [-0.25, -0.2) is 14.4 Å². The monoisotopic (exact) mass is 459 g/mol. The van der Waals surface area contributed by atoms with Crippen molar-refractivity contribution in [3.05, 3.63) is 47.4 Å². The third-order valence-corrected chi connectivity index (χ3v) is 5.54. The van der Waals surface area contributed by atoms with E-state index in [4.69, 9.17) is 26.8 Å². The summed E-state index contributed by atoms with van der Waals surface area (Å²) in [5, 5.41) is 3.82. The van der Waals surface area contributed by atoms with Gasteiger partial charge in [-0.1, -0.05) is 11.6 Å². The third-order valence-electron chi connectivity index (χ3n) is 5.25. The van der Waals surface area contributed by atoms with Crippen LogP contribution in [0.5, 0.6) is 11.5 Å². The molecule has 10 heteroatoms. The highest BCUT2D eigenvalue weighted by Gasteiger charge is 2.23. The Kier molecular flexibility index (Phi) is 6.57. The molecule has 3 N–H and O–H groups in total. The van der Waals surface area contributed by atoms with Gasteiger partial charge in [0.25, 0.3) is 0 Å². The maximum absolute atomic E-state index is 13.4. The van der Waals surface area contributed by atoms with Crippen LogP contribution in [0.2, 0.25) is 5.02 Å². The smallest absolute Gasteiger partial charge is 0.231 e. The number of anilines is 2. The Hall–Kier alpha value is -3.17. The number of primary amides is 1. The van der Waals surface area contributed by atoms with Crippen molar-refractivity contribution in [2.45, 2.75) is 18.9 Å². The Morgan fingerprint density at radius 1 is 1.28 bits per heavy atom. The van der Waals surface area contributed by atoms with E-state index in [0.29, 0.717) is 28.7 Å². The molecule has 0 unspecified atom stereocenters. The molecule has 1 aliphatic heterocycles. The standard InChI is InChI=1S/C22H23ClFN5O3/c1-31-19-10-18-13(8-20(19)32-15-4-6-29(7-5-15)12-21(25)30)11-26-22(28-18)27-14-2-3-17(24)16(23)9-14/h2-3,8-11,15H,4-7,12H2,1H3,(H2,25,30)(H,26,27,28). The van der Waals surface area contributed by atoms with Crippen LogP contribution in [0.1, 0.15) is 12.8 Å². The first-order valence-electron chi connectivity index (χ1n) is 10.2. The molecule has 2 heterocycles. The lowest BCUT2D eigenvalue weighted by atomic mass is 10.1. The van der Waals surface area contributed by atoms with E-state index in [1.54, 1.807) is 25.4 Å². The lowest BCUT2D eigenvalue weighted by molar-refractivity contribution is -0.119. The minimum atomic E-state index is -0.493. The first-order chi connectivity index (χ1) is 15.4. The molecule has 0 spiro atoms. The molecule has 0 saturated carbocycles. The summed E-state index contributed by atoms with van der Waals surface area (Å²) in [6, 6.07) is 7.94. The van der Waals surface area contributed by atoms with Crippen LogP contribution < -0.4 is 20.5 Å². The fourth-order valence-electron chi connectivity index (χ4n) is 3.64. The Morgan fingerprint density at radius 3 is 2.75 bits per heavy atom. The Labute approximate surface area is 189 Å². The number of halogens is 2. The van der Waals surface area contributed by atoms with Gasteiger partial charge in [0.15, 0.2) is 11.5 Å². The molecule has 0 aliphatic carbocycles. The number of hydrogen-bond donors (Lipinski definition) is 2. The quantitative estimate of drug-likeness (QED) is 0.557. The van der Waals surface area contributed by atoms with Gasteiger partial charge in [0.2, 0.25) is 11.9 Å². The first kappa shape index (κ1) is 22.0. The number of nitrogens with one attached hydrogen (secondary N) is 1. The van der Waals surface area contributed by atoms with E-state index >= 15 is 0 Å². The predicted octanol–water partition coefficient (Wildman–Crippen LogP) is 3.50. The zero-order chi connectivity index (χ0) is 22.7. The van der Waals surface area contributed by atoms with Gasteiger partial charge in [-0.2, -0.15) is 0 Å². The van der Waals surface area contributed by atoms with E-state index in [9.17, 15) is 9.18 Å². The molecular formula is C22H23ClFN5O3. The number of nitrogens with zero attached hydrogens (tertiary/aromatic N) is 3. The molecule has 0 atom stereocenters. The number of carbonyl (C=O) groups excluding carboxylic acids is 1. The molecule has 32 heavy (non-hydrogen) atoms. The van der Waals surface area contributed by atoms with Gasteiger partial charge in [0.1, 0.15) is 11.9 Å². The summed E-state index contributed by atoms with van der Waals surface area (Å²) >= 11 is 5.83. The van der Waals surface area contributed by atoms with Gasteiger partial charge in [0.05, 0.1) is 24.2 Å². The maximum Gasteiger partial charge on any atom is 0.231 e. The number of amides is 1. The molecule has 1 aliphatic rings. The van der Waals surface area contributed by atoms with E-state index in [1.165, 1.54) is 12.1 Å². The van der Waals surface area contributed by atoms with Crippen molar-refractivity contribution < 1.29 is 18.7 Å². The SMILES string of the molecule is COc1cc2nc(Nc3ccc(F)c(Cl)c3)ncc2cc1OC1CCN(CC(N)=O)CC1. The average Bonchev–Trinajstić information content (AvgIpc) is 2.77. The highest BCUT2D eigenvalue weighted by atomic mass is 35.5. The molecule has 1 fully saturated rings. The van der Waals surface area contributed by atoms with Crippen LogP contribution in [-0.2, 0) is 4.79 Å². The van der Waals surface area contributed by atoms with Gasteiger partial charge in [-0.05, 0) is 37.1 Å². The number of piperidine rings is 1. The summed E-state index contributed by atoms with van der Waals surface area (Å²) in [6.45, 7) is 1.76. The molecule has 0 radical (unpaired) electrons. The molecule has 8 nitrogen and oxygen atoms in total. The van der Waals surface area contributed by atoms with Crippen molar-refractivity contribution in [3.8, 4) is 11.5 Å². The number of carbonyl (C=O) groups is 1. The van der Waals surface area contributed by atoms with Crippen molar-refractivity contribution in [2.75, 3.05) is 32.1 Å². The summed E-state index contributed by atoms with van der Waals surface area (Å²) in [6.07, 6.45) is 3.26. The second kappa shape index (κ2) is 9.54. The van der Waals surface area contributed by atoms with Gasteiger partial charge in [-0.15, -0.1) is 0 Å². The summed E-state index contributed by atoms with van der Waals surface area (Å²) in [5.74, 6) is 0.705. The molecular weight excluding hydrogens is 437 g/mol. The fourth-order valence-corrected chi connectivity index (χ4v) is 3.82. The minimum Gasteiger partial charge on any atom is -0.493 e. The molecule has 0 bridgehead atoms. The highest BCUT2D eigenvalue weighted by Crippen LogP contribution is 2.34. The average molecular weight is 460 g/mol. The molecule has 168 valence electrons. The molecule has 1 saturated heterocycles. The summed E-state index contributed by atoms with van der Waals surface area (Å²) in [7, 11) is 1.57. The predicted molar refractivity (Wildman–Crippen MR) is 120 cm³/mol. The Bertz CT molecular complexity index is 1140. The second-order valence-corrected chi connectivity index (χ2v) is 7.98. The number of rotatable bonds is 7. The number of methoxy groups -OCH3 is 1. The number of nitrogens with two attached hydrogens (primary N) is 1. The molecule has 4 rings (SSSR count). The molecule has 1 amide bonds. The summed E-state index contributed by atoms with van der Waals surface area (Å²) < 4.78 is 25.1. The number of aromatic nitrogens is 2.